The largest absolute Gasteiger partial charge is 0.383 e. The summed E-state index contributed by atoms with van der Waals surface area (Å²) >= 11 is 7.90. The molecule has 0 bridgehead atoms. The van der Waals surface area contributed by atoms with Crippen LogP contribution in [0.2, 0.25) is 5.02 Å². The Morgan fingerprint density at radius 2 is 1.95 bits per heavy atom. The van der Waals surface area contributed by atoms with E-state index in [0.717, 1.165) is 22.5 Å². The lowest BCUT2D eigenvalue weighted by molar-refractivity contribution is -0.133. The van der Waals surface area contributed by atoms with E-state index in [1.807, 2.05) is 11.6 Å². The summed E-state index contributed by atoms with van der Waals surface area (Å²) in [6.45, 7) is 0.198. The zero-order valence-corrected chi connectivity index (χ0v) is 24.5. The van der Waals surface area contributed by atoms with Crippen molar-refractivity contribution in [3.63, 3.8) is 0 Å². The number of thiazole rings is 1. The second kappa shape index (κ2) is 12.2. The minimum absolute atomic E-state index is 0.0867. The molecule has 1 saturated heterocycles. The van der Waals surface area contributed by atoms with Gasteiger partial charge >= 0.3 is 10.1 Å². The zero-order valence-electron chi connectivity index (χ0n) is 22.1. The van der Waals surface area contributed by atoms with Crippen LogP contribution in [0, 0.1) is 0 Å². The number of aromatic nitrogens is 3. The second-order valence-corrected chi connectivity index (χ2v) is 12.9. The molecule has 226 valence electrons. The monoisotopic (exact) mass is 647 g/mol. The topological polar surface area (TPSA) is 106 Å². The fourth-order valence-electron chi connectivity index (χ4n) is 5.08. The van der Waals surface area contributed by atoms with Gasteiger partial charge in [0.2, 0.25) is 5.91 Å². The molecule has 3 aromatic rings. The standard InChI is InChI=1S/C26H26ClF4N5O4S2/c1-42(38,39)40-21-4-2-3-16(27)23(21)17-9-15(11-32-17)19-13-41-26(33-19)14-5-7-35(8-6-14)22(37)12-36-20(25(30)31)10-18(34-36)24(28)29/h2-4,10-11,13-14,17,24-25,32H,5-9,12H2,1H3. The Balaban J connectivity index is 1.19. The third kappa shape index (κ3) is 6.73. The van der Waals surface area contributed by atoms with E-state index in [-0.39, 0.29) is 17.7 Å². The summed E-state index contributed by atoms with van der Waals surface area (Å²) in [4.78, 5) is 19.1. The van der Waals surface area contributed by atoms with E-state index in [1.165, 1.54) is 16.2 Å². The Kier molecular flexibility index (Phi) is 8.81. The van der Waals surface area contributed by atoms with Gasteiger partial charge < -0.3 is 14.4 Å². The predicted octanol–water partition coefficient (Wildman–Crippen LogP) is 5.69. The molecule has 0 saturated carbocycles. The lowest BCUT2D eigenvalue weighted by Gasteiger charge is -2.31. The number of carbonyl (C=O) groups excluding carboxylic acids is 1. The number of carbonyl (C=O) groups is 1. The Morgan fingerprint density at radius 3 is 2.62 bits per heavy atom. The molecule has 1 unspecified atom stereocenters. The summed E-state index contributed by atoms with van der Waals surface area (Å²) in [6.07, 6.45) is -1.55. The van der Waals surface area contributed by atoms with Crippen molar-refractivity contribution in [2.45, 2.75) is 50.6 Å². The van der Waals surface area contributed by atoms with Crippen LogP contribution in [0.5, 0.6) is 5.75 Å². The van der Waals surface area contributed by atoms with Gasteiger partial charge in [-0.05, 0) is 36.6 Å². The molecule has 0 radical (unpaired) electrons. The van der Waals surface area contributed by atoms with Gasteiger partial charge in [0.1, 0.15) is 23.7 Å². The Bertz CT molecular complexity index is 1600. The van der Waals surface area contributed by atoms with Crippen molar-refractivity contribution < 1.29 is 35.0 Å². The van der Waals surface area contributed by atoms with Crippen molar-refractivity contribution in [2.75, 3.05) is 19.3 Å². The molecule has 1 aromatic carbocycles. The highest BCUT2D eigenvalue weighted by molar-refractivity contribution is 7.86. The number of rotatable bonds is 9. The molecule has 9 nitrogen and oxygen atoms in total. The van der Waals surface area contributed by atoms with Crippen LogP contribution >= 0.6 is 22.9 Å². The van der Waals surface area contributed by atoms with Crippen LogP contribution < -0.4 is 9.50 Å². The van der Waals surface area contributed by atoms with Crippen molar-refractivity contribution in [1.82, 2.24) is 25.0 Å². The third-order valence-corrected chi connectivity index (χ3v) is 8.91. The van der Waals surface area contributed by atoms with Crippen LogP contribution in [0.1, 0.15) is 71.7 Å². The van der Waals surface area contributed by atoms with Gasteiger partial charge in [0.05, 0.1) is 23.0 Å². The Labute approximate surface area is 248 Å². The number of piperidine rings is 1. The molecule has 1 amide bonds. The van der Waals surface area contributed by atoms with Crippen LogP contribution in [0.15, 0.2) is 35.8 Å². The first-order valence-electron chi connectivity index (χ1n) is 12.9. The lowest BCUT2D eigenvalue weighted by atomic mass is 9.97. The molecule has 16 heteroatoms. The average Bonchev–Trinajstić information content (AvgIpc) is 3.68. The summed E-state index contributed by atoms with van der Waals surface area (Å²) in [5.41, 5.74) is 0.719. The fraction of sp³-hybridized carbons (Fsp3) is 0.423. The maximum atomic E-state index is 13.3. The average molecular weight is 648 g/mol. The van der Waals surface area contributed by atoms with Gasteiger partial charge in [0.15, 0.2) is 0 Å². The summed E-state index contributed by atoms with van der Waals surface area (Å²) in [5.74, 6) is -0.223. The number of nitrogens with one attached hydrogen (secondary N) is 1. The number of nitrogens with zero attached hydrogens (tertiary/aromatic N) is 4. The van der Waals surface area contributed by atoms with Gasteiger partial charge in [-0.2, -0.15) is 13.5 Å². The Hall–Kier alpha value is -3.17. The second-order valence-electron chi connectivity index (χ2n) is 10.0. The van der Waals surface area contributed by atoms with Gasteiger partial charge in [-0.25, -0.2) is 22.5 Å². The summed E-state index contributed by atoms with van der Waals surface area (Å²) < 4.78 is 81.7. The van der Waals surface area contributed by atoms with Crippen molar-refractivity contribution in [3.8, 4) is 5.75 Å². The SMILES string of the molecule is CS(=O)(=O)Oc1cccc(Cl)c1C1CC(c2csc(C3CCN(C(=O)Cn4nc(C(F)F)cc4C(F)F)CC3)n2)=CN1. The van der Waals surface area contributed by atoms with E-state index in [4.69, 9.17) is 20.8 Å². The van der Waals surface area contributed by atoms with E-state index >= 15 is 0 Å². The highest BCUT2D eigenvalue weighted by atomic mass is 35.5. The van der Waals surface area contributed by atoms with E-state index in [1.54, 1.807) is 18.2 Å². The quantitative estimate of drug-likeness (QED) is 0.235. The van der Waals surface area contributed by atoms with Crippen LogP contribution in [-0.2, 0) is 21.5 Å². The van der Waals surface area contributed by atoms with Gasteiger partial charge in [-0.15, -0.1) is 11.3 Å². The molecule has 1 N–H and O–H groups in total. The number of likely N-dealkylation sites (tertiary alicyclic amines) is 1. The van der Waals surface area contributed by atoms with Crippen molar-refractivity contribution in [3.05, 3.63) is 68.5 Å². The molecular weight excluding hydrogens is 622 g/mol. The molecule has 2 aromatic heterocycles. The van der Waals surface area contributed by atoms with Crippen LogP contribution in [-0.4, -0.2) is 53.3 Å². The summed E-state index contributed by atoms with van der Waals surface area (Å²) in [6, 6.07) is 5.14. The molecule has 42 heavy (non-hydrogen) atoms. The van der Waals surface area contributed by atoms with Gasteiger partial charge in [0.25, 0.3) is 12.9 Å². The zero-order chi connectivity index (χ0) is 30.2. The van der Waals surface area contributed by atoms with E-state index in [9.17, 15) is 30.8 Å². The number of hydrogen-bond acceptors (Lipinski definition) is 8. The van der Waals surface area contributed by atoms with Crippen molar-refractivity contribution in [1.29, 1.82) is 0 Å². The first-order chi connectivity index (χ1) is 19.9. The van der Waals surface area contributed by atoms with Crippen LogP contribution in [0.25, 0.3) is 5.57 Å². The maximum Gasteiger partial charge on any atom is 0.306 e. The number of benzene rings is 1. The molecule has 0 spiro atoms. The van der Waals surface area contributed by atoms with Crippen LogP contribution in [0.3, 0.4) is 0 Å². The highest BCUT2D eigenvalue weighted by Crippen LogP contribution is 2.41. The van der Waals surface area contributed by atoms with Gasteiger partial charge in [-0.1, -0.05) is 17.7 Å². The van der Waals surface area contributed by atoms with Crippen LogP contribution in [0.4, 0.5) is 17.6 Å². The molecule has 1 atom stereocenters. The molecule has 4 heterocycles. The number of alkyl halides is 4. The molecule has 5 rings (SSSR count). The van der Waals surface area contributed by atoms with E-state index < -0.39 is 46.8 Å². The predicted molar refractivity (Wildman–Crippen MR) is 148 cm³/mol. The minimum atomic E-state index is -3.75. The fourth-order valence-corrected chi connectivity index (χ4v) is 6.87. The van der Waals surface area contributed by atoms with Gasteiger partial charge in [-0.3, -0.25) is 9.48 Å². The van der Waals surface area contributed by atoms with Gasteiger partial charge in [0, 0.05) is 47.6 Å². The van der Waals surface area contributed by atoms with Crippen molar-refractivity contribution >= 4 is 44.5 Å². The highest BCUT2D eigenvalue weighted by Gasteiger charge is 2.30. The Morgan fingerprint density at radius 1 is 1.21 bits per heavy atom. The summed E-state index contributed by atoms with van der Waals surface area (Å²) in [5, 5.41) is 9.94. The molecule has 2 aliphatic heterocycles. The third-order valence-electron chi connectivity index (χ3n) is 7.10. The number of amides is 1. The minimum Gasteiger partial charge on any atom is -0.383 e. The number of hydrogen-bond donors (Lipinski definition) is 1. The first-order valence-corrected chi connectivity index (χ1v) is 16.0. The lowest BCUT2D eigenvalue weighted by Crippen LogP contribution is -2.40. The molecule has 2 aliphatic rings. The van der Waals surface area contributed by atoms with Crippen molar-refractivity contribution in [2.24, 2.45) is 0 Å². The molecule has 1 fully saturated rings. The normalized spacial score (nSPS) is 18.0. The van der Waals surface area contributed by atoms with E-state index in [2.05, 4.69) is 10.4 Å². The van der Waals surface area contributed by atoms with E-state index in [0.29, 0.717) is 53.7 Å². The molecule has 0 aliphatic carbocycles. The number of halogens is 5. The summed E-state index contributed by atoms with van der Waals surface area (Å²) in [7, 11) is -3.75. The first kappa shape index (κ1) is 30.3. The maximum absolute atomic E-state index is 13.3. The molecular formula is C26H26ClF4N5O4S2. The smallest absolute Gasteiger partial charge is 0.306 e.